The summed E-state index contributed by atoms with van der Waals surface area (Å²) in [6.07, 6.45) is 1.55. The number of hydrogen-bond donors (Lipinski definition) is 1. The van der Waals surface area contributed by atoms with Crippen molar-refractivity contribution in [2.75, 3.05) is 6.54 Å². The molecule has 126 valence electrons. The van der Waals surface area contributed by atoms with Crippen LogP contribution in [-0.4, -0.2) is 15.0 Å². The second kappa shape index (κ2) is 7.06. The minimum absolute atomic E-state index is 0.0849. The van der Waals surface area contributed by atoms with Crippen LogP contribution in [0.2, 0.25) is 5.02 Å². The van der Waals surface area contributed by atoms with Crippen LogP contribution >= 0.6 is 22.9 Å². The minimum atomic E-state index is -3.81. The highest BCUT2D eigenvalue weighted by atomic mass is 35.5. The van der Waals surface area contributed by atoms with Crippen LogP contribution in [0.1, 0.15) is 16.6 Å². The number of benzene rings is 1. The van der Waals surface area contributed by atoms with Gasteiger partial charge in [-0.3, -0.25) is 0 Å². The molecule has 0 aliphatic heterocycles. The van der Waals surface area contributed by atoms with Gasteiger partial charge in [-0.25, -0.2) is 17.5 Å². The fourth-order valence-electron chi connectivity index (χ4n) is 2.24. The number of hydrogen-bond acceptors (Lipinski definition) is 4. The van der Waals surface area contributed by atoms with Gasteiger partial charge in [-0.2, -0.15) is 0 Å². The molecule has 0 fully saturated rings. The van der Waals surface area contributed by atoms with Crippen molar-refractivity contribution < 1.29 is 17.2 Å². The second-order valence-corrected chi connectivity index (χ2v) is 8.16. The highest BCUT2D eigenvalue weighted by Crippen LogP contribution is 2.28. The maximum Gasteiger partial charge on any atom is 0.240 e. The van der Waals surface area contributed by atoms with E-state index in [1.54, 1.807) is 18.4 Å². The molecule has 3 rings (SSSR count). The molecule has 1 aromatic carbocycles. The molecule has 0 bridgehead atoms. The second-order valence-electron chi connectivity index (χ2n) is 5.01. The third kappa shape index (κ3) is 3.70. The Morgan fingerprint density at radius 1 is 1.25 bits per heavy atom. The predicted molar refractivity (Wildman–Crippen MR) is 91.5 cm³/mol. The summed E-state index contributed by atoms with van der Waals surface area (Å²) in [7, 11) is -3.81. The highest BCUT2D eigenvalue weighted by molar-refractivity contribution is 7.89. The standard InChI is InChI=1S/C16H13ClFNO3S2/c17-13-9-11(5-6-14(13)18)24(20,21)19-10-12(15-3-1-7-22-15)16-4-2-8-23-16/h1-9,12,19H,10H2. The van der Waals surface area contributed by atoms with Crippen molar-refractivity contribution >= 4 is 33.0 Å². The summed E-state index contributed by atoms with van der Waals surface area (Å²) in [6, 6.07) is 10.7. The zero-order valence-electron chi connectivity index (χ0n) is 12.3. The van der Waals surface area contributed by atoms with E-state index >= 15 is 0 Å². The molecule has 2 heterocycles. The topological polar surface area (TPSA) is 59.3 Å². The molecule has 8 heteroatoms. The maximum absolute atomic E-state index is 13.2. The van der Waals surface area contributed by atoms with Gasteiger partial charge in [-0.05, 0) is 41.8 Å². The van der Waals surface area contributed by atoms with E-state index in [-0.39, 0.29) is 22.4 Å². The quantitative estimate of drug-likeness (QED) is 0.690. The van der Waals surface area contributed by atoms with Crippen LogP contribution in [0.5, 0.6) is 0 Å². The van der Waals surface area contributed by atoms with Crippen molar-refractivity contribution in [3.8, 4) is 0 Å². The lowest BCUT2D eigenvalue weighted by Crippen LogP contribution is -2.28. The number of halogens is 2. The number of nitrogens with one attached hydrogen (secondary N) is 1. The van der Waals surface area contributed by atoms with Gasteiger partial charge in [0, 0.05) is 11.4 Å². The average molecular weight is 386 g/mol. The van der Waals surface area contributed by atoms with Crippen LogP contribution in [0.25, 0.3) is 0 Å². The number of thiophene rings is 1. The van der Waals surface area contributed by atoms with Gasteiger partial charge in [-0.15, -0.1) is 11.3 Å². The molecule has 1 unspecified atom stereocenters. The van der Waals surface area contributed by atoms with Gasteiger partial charge in [-0.1, -0.05) is 17.7 Å². The number of rotatable bonds is 6. The van der Waals surface area contributed by atoms with Crippen LogP contribution in [0.15, 0.2) is 63.4 Å². The van der Waals surface area contributed by atoms with Crippen LogP contribution < -0.4 is 4.72 Å². The highest BCUT2D eigenvalue weighted by Gasteiger charge is 2.22. The van der Waals surface area contributed by atoms with E-state index in [2.05, 4.69) is 4.72 Å². The Bertz CT molecular complexity index is 875. The molecule has 1 atom stereocenters. The summed E-state index contributed by atoms with van der Waals surface area (Å²) in [4.78, 5) is 0.892. The van der Waals surface area contributed by atoms with Crippen molar-refractivity contribution in [2.24, 2.45) is 0 Å². The predicted octanol–water partition coefficient (Wildman–Crippen LogP) is 4.24. The van der Waals surface area contributed by atoms with E-state index in [0.717, 1.165) is 17.0 Å². The van der Waals surface area contributed by atoms with Crippen LogP contribution in [0, 0.1) is 5.82 Å². The summed E-state index contributed by atoms with van der Waals surface area (Å²) in [5.74, 6) is -0.245. The van der Waals surface area contributed by atoms with Crippen LogP contribution in [-0.2, 0) is 10.0 Å². The average Bonchev–Trinajstić information content (AvgIpc) is 3.24. The fraction of sp³-hybridized carbons (Fsp3) is 0.125. The number of furan rings is 1. The fourth-order valence-corrected chi connectivity index (χ4v) is 4.39. The summed E-state index contributed by atoms with van der Waals surface area (Å²) >= 11 is 7.18. The molecule has 2 aromatic heterocycles. The Morgan fingerprint density at radius 3 is 2.71 bits per heavy atom. The molecular formula is C16H13ClFNO3S2. The Balaban J connectivity index is 1.82. The first-order chi connectivity index (χ1) is 11.5. The molecule has 3 aromatic rings. The Labute approximate surface area is 147 Å². The van der Waals surface area contributed by atoms with Crippen molar-refractivity contribution in [1.29, 1.82) is 0 Å². The molecule has 0 saturated heterocycles. The van der Waals surface area contributed by atoms with Crippen LogP contribution in [0.3, 0.4) is 0 Å². The Hall–Kier alpha value is -1.67. The third-order valence-electron chi connectivity index (χ3n) is 3.45. The van der Waals surface area contributed by atoms with Gasteiger partial charge in [0.05, 0.1) is 22.1 Å². The first-order valence-corrected chi connectivity index (χ1v) is 9.73. The molecule has 1 N–H and O–H groups in total. The third-order valence-corrected chi connectivity index (χ3v) is 6.15. The van der Waals surface area contributed by atoms with E-state index in [1.165, 1.54) is 17.4 Å². The summed E-state index contributed by atoms with van der Waals surface area (Å²) < 4.78 is 46.0. The van der Waals surface area contributed by atoms with Gasteiger partial charge >= 0.3 is 0 Å². The Morgan fingerprint density at radius 2 is 2.08 bits per heavy atom. The summed E-state index contributed by atoms with van der Waals surface area (Å²) in [5.41, 5.74) is 0. The lowest BCUT2D eigenvalue weighted by Gasteiger charge is -2.14. The van der Waals surface area contributed by atoms with Crippen molar-refractivity contribution in [2.45, 2.75) is 10.8 Å². The molecule has 0 radical (unpaired) electrons. The van der Waals surface area contributed by atoms with Gasteiger partial charge in [0.2, 0.25) is 10.0 Å². The van der Waals surface area contributed by atoms with Gasteiger partial charge < -0.3 is 4.42 Å². The van der Waals surface area contributed by atoms with E-state index in [9.17, 15) is 12.8 Å². The summed E-state index contributed by atoms with van der Waals surface area (Å²) in [5, 5.41) is 1.68. The molecule has 0 amide bonds. The molecule has 0 aliphatic rings. The lowest BCUT2D eigenvalue weighted by atomic mass is 10.1. The normalized spacial score (nSPS) is 13.1. The minimum Gasteiger partial charge on any atom is -0.469 e. The van der Waals surface area contributed by atoms with Crippen molar-refractivity contribution in [1.82, 2.24) is 4.72 Å². The molecular weight excluding hydrogens is 373 g/mol. The van der Waals surface area contributed by atoms with E-state index in [0.29, 0.717) is 5.76 Å². The largest absolute Gasteiger partial charge is 0.469 e. The zero-order valence-corrected chi connectivity index (χ0v) is 14.7. The van der Waals surface area contributed by atoms with E-state index < -0.39 is 15.8 Å². The smallest absolute Gasteiger partial charge is 0.240 e. The molecule has 0 spiro atoms. The van der Waals surface area contributed by atoms with E-state index in [4.69, 9.17) is 16.0 Å². The molecule has 0 aliphatic carbocycles. The number of sulfonamides is 1. The zero-order chi connectivity index (χ0) is 17.2. The van der Waals surface area contributed by atoms with Gasteiger partial charge in [0.1, 0.15) is 11.6 Å². The molecule has 4 nitrogen and oxygen atoms in total. The Kier molecular flexibility index (Phi) is 5.05. The van der Waals surface area contributed by atoms with Crippen molar-refractivity contribution in [3.05, 3.63) is 75.6 Å². The first-order valence-electron chi connectivity index (χ1n) is 6.99. The van der Waals surface area contributed by atoms with Crippen molar-refractivity contribution in [3.63, 3.8) is 0 Å². The maximum atomic E-state index is 13.2. The SMILES string of the molecule is O=S(=O)(NCC(c1ccco1)c1cccs1)c1ccc(F)c(Cl)c1. The van der Waals surface area contributed by atoms with Gasteiger partial charge in [0.25, 0.3) is 0 Å². The van der Waals surface area contributed by atoms with Crippen LogP contribution in [0.4, 0.5) is 4.39 Å². The molecule has 0 saturated carbocycles. The molecule has 24 heavy (non-hydrogen) atoms. The lowest BCUT2D eigenvalue weighted by molar-refractivity contribution is 0.483. The summed E-state index contributed by atoms with van der Waals surface area (Å²) in [6.45, 7) is 0.116. The van der Waals surface area contributed by atoms with E-state index in [1.807, 2.05) is 17.5 Å². The monoisotopic (exact) mass is 385 g/mol. The first kappa shape index (κ1) is 17.2. The van der Waals surface area contributed by atoms with Gasteiger partial charge in [0.15, 0.2) is 0 Å².